The summed E-state index contributed by atoms with van der Waals surface area (Å²) in [5, 5.41) is 11.2. The molecular weight excluding hydrogens is 414 g/mol. The predicted molar refractivity (Wildman–Crippen MR) is 129 cm³/mol. The smallest absolute Gasteiger partial charge is 0.320 e. The molecule has 7 heteroatoms. The van der Waals surface area contributed by atoms with E-state index in [1.807, 2.05) is 41.1 Å². The molecule has 1 saturated heterocycles. The lowest BCUT2D eigenvalue weighted by molar-refractivity contribution is 0.159. The summed E-state index contributed by atoms with van der Waals surface area (Å²) in [4.78, 5) is 15.6. The maximum atomic E-state index is 13.2. The van der Waals surface area contributed by atoms with E-state index < -0.39 is 0 Å². The van der Waals surface area contributed by atoms with Gasteiger partial charge in [-0.25, -0.2) is 9.48 Å². The van der Waals surface area contributed by atoms with Crippen LogP contribution in [0.3, 0.4) is 0 Å². The Morgan fingerprint density at radius 2 is 1.82 bits per heavy atom. The van der Waals surface area contributed by atoms with Crippen molar-refractivity contribution in [2.75, 3.05) is 38.7 Å². The van der Waals surface area contributed by atoms with Crippen LogP contribution in [-0.2, 0) is 17.6 Å². The average molecular weight is 446 g/mol. The molecule has 2 aromatic carbocycles. The van der Waals surface area contributed by atoms with Crippen LogP contribution in [0.15, 0.2) is 60.7 Å². The highest BCUT2D eigenvalue weighted by atomic mass is 16.5. The van der Waals surface area contributed by atoms with E-state index in [-0.39, 0.29) is 18.0 Å². The van der Waals surface area contributed by atoms with E-state index in [0.717, 1.165) is 61.7 Å². The molecule has 3 aromatic rings. The van der Waals surface area contributed by atoms with Crippen molar-refractivity contribution in [3.8, 4) is 5.69 Å². The van der Waals surface area contributed by atoms with Crippen molar-refractivity contribution in [2.45, 2.75) is 31.2 Å². The van der Waals surface area contributed by atoms with Gasteiger partial charge in [0.05, 0.1) is 24.0 Å². The van der Waals surface area contributed by atoms with E-state index in [0.29, 0.717) is 6.61 Å². The Hall–Kier alpha value is -3.16. The molecule has 0 saturated carbocycles. The summed E-state index contributed by atoms with van der Waals surface area (Å²) >= 11 is 0. The number of anilines is 1. The zero-order valence-electron chi connectivity index (χ0n) is 19.0. The molecule has 172 valence electrons. The number of hydrogen-bond donors (Lipinski definition) is 2. The molecule has 2 heterocycles. The van der Waals surface area contributed by atoms with Crippen LogP contribution in [-0.4, -0.2) is 60.1 Å². The number of rotatable bonds is 7. The number of aryl methyl sites for hydroxylation is 1. The molecule has 5 rings (SSSR count). The zero-order valence-corrected chi connectivity index (χ0v) is 19.0. The lowest BCUT2D eigenvalue weighted by Crippen LogP contribution is -2.42. The second-order valence-electron chi connectivity index (χ2n) is 8.85. The largest absolute Gasteiger partial charge is 0.383 e. The second kappa shape index (κ2) is 9.77. The molecule has 1 aromatic heterocycles. The molecule has 2 N–H and O–H groups in total. The van der Waals surface area contributed by atoms with E-state index >= 15 is 0 Å². The molecule has 0 spiro atoms. The van der Waals surface area contributed by atoms with Crippen LogP contribution in [0.4, 0.5) is 10.6 Å². The number of urea groups is 1. The van der Waals surface area contributed by atoms with Gasteiger partial charge in [0.2, 0.25) is 0 Å². The number of nitrogens with zero attached hydrogens (tertiary/aromatic N) is 3. The first-order valence-electron chi connectivity index (χ1n) is 11.7. The fourth-order valence-electron chi connectivity index (χ4n) is 5.06. The summed E-state index contributed by atoms with van der Waals surface area (Å²) in [6.07, 6.45) is 2.98. The SMILES string of the molecule is COCCN1CC(NC(=O)Nc2c3c(nn2-c2ccccc2)CCC3)[C@H](c2ccccc2)C1. The van der Waals surface area contributed by atoms with Crippen LogP contribution in [0.5, 0.6) is 0 Å². The van der Waals surface area contributed by atoms with Gasteiger partial charge in [-0.15, -0.1) is 0 Å². The monoisotopic (exact) mass is 445 g/mol. The highest BCUT2D eigenvalue weighted by molar-refractivity contribution is 5.90. The standard InChI is InChI=1S/C26H31N5O2/c1-33-16-15-30-17-22(19-9-4-2-5-10-19)24(18-30)27-26(32)28-25-21-13-8-14-23(21)29-31(25)20-11-6-3-7-12-20/h2-7,9-12,22,24H,8,13-18H2,1H3,(H2,27,28,32)/t22-,24?/m0/s1. The van der Waals surface area contributed by atoms with E-state index in [2.05, 4.69) is 39.8 Å². The van der Waals surface area contributed by atoms with E-state index in [1.54, 1.807) is 7.11 Å². The van der Waals surface area contributed by atoms with Gasteiger partial charge in [-0.05, 0) is 37.0 Å². The van der Waals surface area contributed by atoms with Gasteiger partial charge in [-0.2, -0.15) is 5.10 Å². The van der Waals surface area contributed by atoms with Crippen molar-refractivity contribution >= 4 is 11.8 Å². The zero-order chi connectivity index (χ0) is 22.6. The lowest BCUT2D eigenvalue weighted by atomic mass is 9.94. The normalized spacial score (nSPS) is 20.0. The molecule has 1 aliphatic carbocycles. The lowest BCUT2D eigenvalue weighted by Gasteiger charge is -2.21. The van der Waals surface area contributed by atoms with Crippen LogP contribution in [0, 0.1) is 0 Å². The van der Waals surface area contributed by atoms with Gasteiger partial charge in [0.25, 0.3) is 0 Å². The molecular formula is C26H31N5O2. The van der Waals surface area contributed by atoms with Gasteiger partial charge >= 0.3 is 6.03 Å². The van der Waals surface area contributed by atoms with Crippen molar-refractivity contribution in [2.24, 2.45) is 0 Å². The van der Waals surface area contributed by atoms with E-state index in [9.17, 15) is 4.79 Å². The van der Waals surface area contributed by atoms with Crippen LogP contribution in [0.2, 0.25) is 0 Å². The Kier molecular flexibility index (Phi) is 6.41. The maximum Gasteiger partial charge on any atom is 0.320 e. The minimum atomic E-state index is -0.179. The summed E-state index contributed by atoms with van der Waals surface area (Å²) < 4.78 is 7.15. The van der Waals surface area contributed by atoms with Gasteiger partial charge in [0.15, 0.2) is 0 Å². The number of fused-ring (bicyclic) bond motifs is 1. The highest BCUT2D eigenvalue weighted by Crippen LogP contribution is 2.31. The number of methoxy groups -OCH3 is 1. The van der Waals surface area contributed by atoms with Crippen molar-refractivity contribution in [1.82, 2.24) is 20.0 Å². The Morgan fingerprint density at radius 3 is 2.58 bits per heavy atom. The molecule has 2 amide bonds. The first kappa shape index (κ1) is 21.7. The molecule has 0 radical (unpaired) electrons. The van der Waals surface area contributed by atoms with Gasteiger partial charge < -0.3 is 10.1 Å². The number of carbonyl (C=O) groups is 1. The first-order valence-corrected chi connectivity index (χ1v) is 11.7. The molecule has 1 fully saturated rings. The summed E-state index contributed by atoms with van der Waals surface area (Å²) in [7, 11) is 1.72. The fraction of sp³-hybridized carbons (Fsp3) is 0.385. The third-order valence-electron chi connectivity index (χ3n) is 6.69. The number of benzene rings is 2. The third kappa shape index (κ3) is 4.65. The predicted octanol–water partition coefficient (Wildman–Crippen LogP) is 3.60. The van der Waals surface area contributed by atoms with Crippen molar-refractivity contribution in [3.63, 3.8) is 0 Å². The average Bonchev–Trinajstić information content (AvgIpc) is 3.55. The Labute approximate surface area is 194 Å². The van der Waals surface area contributed by atoms with Crippen molar-refractivity contribution in [3.05, 3.63) is 77.5 Å². The minimum absolute atomic E-state index is 0.0189. The maximum absolute atomic E-state index is 13.2. The highest BCUT2D eigenvalue weighted by Gasteiger charge is 2.35. The summed E-state index contributed by atoms with van der Waals surface area (Å²) in [5.41, 5.74) is 4.44. The molecule has 33 heavy (non-hydrogen) atoms. The van der Waals surface area contributed by atoms with Crippen LogP contribution in [0.1, 0.15) is 29.2 Å². The van der Waals surface area contributed by atoms with Gasteiger partial charge in [0, 0.05) is 38.2 Å². The van der Waals surface area contributed by atoms with Gasteiger partial charge in [-0.3, -0.25) is 10.2 Å². The van der Waals surface area contributed by atoms with Crippen molar-refractivity contribution in [1.29, 1.82) is 0 Å². The molecule has 1 aliphatic heterocycles. The summed E-state index contributed by atoms with van der Waals surface area (Å²) in [5.74, 6) is 1.02. The van der Waals surface area contributed by atoms with Crippen LogP contribution in [0.25, 0.3) is 5.69 Å². The van der Waals surface area contributed by atoms with Gasteiger partial charge in [0.1, 0.15) is 5.82 Å². The van der Waals surface area contributed by atoms with E-state index in [4.69, 9.17) is 9.84 Å². The Balaban J connectivity index is 1.35. The van der Waals surface area contributed by atoms with Crippen LogP contribution >= 0.6 is 0 Å². The van der Waals surface area contributed by atoms with Crippen LogP contribution < -0.4 is 10.6 Å². The minimum Gasteiger partial charge on any atom is -0.383 e. The summed E-state index contributed by atoms with van der Waals surface area (Å²) in [6, 6.07) is 20.3. The number of likely N-dealkylation sites (tertiary alicyclic amines) is 1. The third-order valence-corrected chi connectivity index (χ3v) is 6.69. The first-order chi connectivity index (χ1) is 16.2. The van der Waals surface area contributed by atoms with Gasteiger partial charge in [-0.1, -0.05) is 48.5 Å². The number of carbonyl (C=O) groups excluding carboxylic acids is 1. The van der Waals surface area contributed by atoms with Crippen molar-refractivity contribution < 1.29 is 9.53 Å². The molecule has 0 bridgehead atoms. The fourth-order valence-corrected chi connectivity index (χ4v) is 5.06. The number of para-hydroxylation sites is 1. The molecule has 1 unspecified atom stereocenters. The number of aromatic nitrogens is 2. The number of ether oxygens (including phenoxy) is 1. The van der Waals surface area contributed by atoms with E-state index in [1.165, 1.54) is 5.56 Å². The number of nitrogens with one attached hydrogen (secondary N) is 2. The second-order valence-corrected chi connectivity index (χ2v) is 8.85. The molecule has 7 nitrogen and oxygen atoms in total. The quantitative estimate of drug-likeness (QED) is 0.583. The summed E-state index contributed by atoms with van der Waals surface area (Å²) in [6.45, 7) is 3.23. The topological polar surface area (TPSA) is 71.4 Å². The number of amides is 2. The number of hydrogen-bond acceptors (Lipinski definition) is 4. The Morgan fingerprint density at radius 1 is 1.06 bits per heavy atom. The Bertz CT molecular complexity index is 1080. The molecule has 2 aliphatic rings. The molecule has 2 atom stereocenters.